The molecule has 0 aromatic carbocycles. The first kappa shape index (κ1) is 25.8. The van der Waals surface area contributed by atoms with E-state index in [4.69, 9.17) is 0 Å². The van der Waals surface area contributed by atoms with E-state index in [1.807, 2.05) is 11.1 Å². The summed E-state index contributed by atoms with van der Waals surface area (Å²) in [6.45, 7) is 17.8. The first-order valence-electron chi connectivity index (χ1n) is 15.4. The molecule has 0 aromatic heterocycles. The molecule has 3 saturated carbocycles. The molecule has 0 spiro atoms. The van der Waals surface area contributed by atoms with Crippen molar-refractivity contribution in [2.24, 2.45) is 45.8 Å². The Labute approximate surface area is 208 Å². The molecule has 0 heteroatoms. The molecule has 0 amide bonds. The van der Waals surface area contributed by atoms with E-state index < -0.39 is 0 Å². The zero-order chi connectivity index (χ0) is 23.9. The lowest BCUT2D eigenvalue weighted by Crippen LogP contribution is -2.57. The average Bonchev–Trinajstić information content (AvgIpc) is 3.12. The van der Waals surface area contributed by atoms with E-state index in [2.05, 4.69) is 48.5 Å². The molecule has 0 unspecified atom stereocenters. The van der Waals surface area contributed by atoms with Crippen molar-refractivity contribution in [1.29, 1.82) is 0 Å². The lowest BCUT2D eigenvalue weighted by atomic mass is 9.39. The van der Waals surface area contributed by atoms with Crippen molar-refractivity contribution < 1.29 is 0 Å². The number of rotatable bonds is 9. The van der Waals surface area contributed by atoms with E-state index in [1.54, 1.807) is 6.42 Å². The van der Waals surface area contributed by atoms with Crippen molar-refractivity contribution >= 4 is 0 Å². The Balaban J connectivity index is 1.56. The van der Waals surface area contributed by atoms with Gasteiger partial charge in [-0.1, -0.05) is 91.7 Å². The van der Waals surface area contributed by atoms with E-state index in [0.717, 1.165) is 29.6 Å². The lowest BCUT2D eigenvalue weighted by Gasteiger charge is -2.65. The van der Waals surface area contributed by atoms with Crippen LogP contribution < -0.4 is 0 Å². The third kappa shape index (κ3) is 4.31. The summed E-state index contributed by atoms with van der Waals surface area (Å²) in [4.78, 5) is 0. The smallest absolute Gasteiger partial charge is 0.00796 e. The lowest BCUT2D eigenvalue weighted by molar-refractivity contribution is -0.150. The molecule has 33 heavy (non-hydrogen) atoms. The van der Waals surface area contributed by atoms with Gasteiger partial charge in [-0.3, -0.25) is 0 Å². The van der Waals surface area contributed by atoms with E-state index in [-0.39, 0.29) is 0 Å². The van der Waals surface area contributed by atoms with Gasteiger partial charge >= 0.3 is 0 Å². The monoisotopic (exact) mass is 454 g/mol. The molecule has 4 rings (SSSR count). The van der Waals surface area contributed by atoms with E-state index >= 15 is 0 Å². The van der Waals surface area contributed by atoms with Crippen molar-refractivity contribution in [3.8, 4) is 0 Å². The Morgan fingerprint density at radius 3 is 2.21 bits per heavy atom. The number of allylic oxidation sites excluding steroid dienone is 2. The normalized spacial score (nSPS) is 38.7. The molecular weight excluding hydrogens is 396 g/mol. The minimum absolute atomic E-state index is 0.543. The molecule has 4 aliphatic carbocycles. The largest absolute Gasteiger partial charge is 0.0676 e. The van der Waals surface area contributed by atoms with Gasteiger partial charge in [0.25, 0.3) is 0 Å². The Bertz CT molecular complexity index is 685. The average molecular weight is 455 g/mol. The van der Waals surface area contributed by atoms with Gasteiger partial charge < -0.3 is 0 Å². The second-order valence-corrected chi connectivity index (χ2v) is 14.2. The van der Waals surface area contributed by atoms with Gasteiger partial charge in [-0.25, -0.2) is 0 Å². The fourth-order valence-corrected chi connectivity index (χ4v) is 10.6. The highest BCUT2D eigenvalue weighted by Crippen LogP contribution is 2.71. The van der Waals surface area contributed by atoms with Crippen molar-refractivity contribution in [2.75, 3.05) is 0 Å². The van der Waals surface area contributed by atoms with Crippen LogP contribution in [-0.2, 0) is 0 Å². The summed E-state index contributed by atoms with van der Waals surface area (Å²) in [5.74, 6) is 4.70. The molecule has 0 radical (unpaired) electrons. The summed E-state index contributed by atoms with van der Waals surface area (Å²) in [5.41, 5.74) is 5.72. The fourth-order valence-electron chi connectivity index (χ4n) is 10.6. The summed E-state index contributed by atoms with van der Waals surface area (Å²) in [6, 6.07) is 0. The maximum atomic E-state index is 2.79. The van der Waals surface area contributed by atoms with Crippen LogP contribution in [0.4, 0.5) is 0 Å². The van der Waals surface area contributed by atoms with Crippen LogP contribution in [0, 0.1) is 45.8 Å². The number of hydrogen-bond acceptors (Lipinski definition) is 0. The van der Waals surface area contributed by atoms with Gasteiger partial charge in [0.15, 0.2) is 0 Å². The van der Waals surface area contributed by atoms with Crippen LogP contribution >= 0.6 is 0 Å². The molecular formula is C33H58. The third-order valence-electron chi connectivity index (χ3n) is 12.2. The van der Waals surface area contributed by atoms with Crippen LogP contribution in [-0.4, -0.2) is 0 Å². The fraction of sp³-hybridized carbons (Fsp3) is 0.939. The highest BCUT2D eigenvalue weighted by atomic mass is 14.7. The number of fused-ring (bicyclic) bond motifs is 5. The first-order valence-corrected chi connectivity index (χ1v) is 15.4. The summed E-state index contributed by atoms with van der Waals surface area (Å²) >= 11 is 0. The van der Waals surface area contributed by atoms with Gasteiger partial charge in [-0.05, 0) is 116 Å². The van der Waals surface area contributed by atoms with Crippen LogP contribution in [0.25, 0.3) is 0 Å². The summed E-state index contributed by atoms with van der Waals surface area (Å²) in [7, 11) is 0. The molecule has 0 bridgehead atoms. The van der Waals surface area contributed by atoms with Crippen molar-refractivity contribution in [2.45, 2.75) is 151 Å². The summed E-state index contributed by atoms with van der Waals surface area (Å²) in [5, 5.41) is 0. The Morgan fingerprint density at radius 1 is 0.818 bits per heavy atom. The van der Waals surface area contributed by atoms with E-state index in [1.165, 1.54) is 96.3 Å². The molecule has 190 valence electrons. The molecule has 0 saturated heterocycles. The predicted octanol–water partition coefficient (Wildman–Crippen LogP) is 10.8. The molecule has 6 atom stereocenters. The van der Waals surface area contributed by atoms with Crippen molar-refractivity contribution in [3.05, 3.63) is 11.1 Å². The zero-order valence-electron chi connectivity index (χ0n) is 23.7. The van der Waals surface area contributed by atoms with Crippen LogP contribution in [0.2, 0.25) is 0 Å². The molecule has 0 aromatic rings. The second kappa shape index (κ2) is 10.0. The minimum atomic E-state index is 0.543. The molecule has 0 nitrogen and oxygen atoms in total. The van der Waals surface area contributed by atoms with Crippen LogP contribution in [0.3, 0.4) is 0 Å². The maximum absolute atomic E-state index is 2.79. The highest BCUT2D eigenvalue weighted by molar-refractivity contribution is 5.33. The molecule has 0 heterocycles. The quantitative estimate of drug-likeness (QED) is 0.304. The Kier molecular flexibility index (Phi) is 7.83. The summed E-state index contributed by atoms with van der Waals surface area (Å²) < 4.78 is 0. The Hall–Kier alpha value is -0.260. The topological polar surface area (TPSA) is 0 Å². The Morgan fingerprint density at radius 2 is 1.55 bits per heavy atom. The van der Waals surface area contributed by atoms with Crippen LogP contribution in [0.5, 0.6) is 0 Å². The molecule has 0 aliphatic heterocycles. The van der Waals surface area contributed by atoms with E-state index in [0.29, 0.717) is 16.2 Å². The van der Waals surface area contributed by atoms with Gasteiger partial charge in [0, 0.05) is 0 Å². The van der Waals surface area contributed by atoms with Gasteiger partial charge in [0.05, 0.1) is 0 Å². The maximum Gasteiger partial charge on any atom is -0.00796 e. The van der Waals surface area contributed by atoms with Crippen molar-refractivity contribution in [3.63, 3.8) is 0 Å². The van der Waals surface area contributed by atoms with Crippen LogP contribution in [0.15, 0.2) is 11.1 Å². The number of hydrogen-bond donors (Lipinski definition) is 0. The van der Waals surface area contributed by atoms with E-state index in [9.17, 15) is 0 Å². The summed E-state index contributed by atoms with van der Waals surface area (Å²) in [6.07, 6.45) is 23.5. The first-order chi connectivity index (χ1) is 15.7. The van der Waals surface area contributed by atoms with Gasteiger partial charge in [-0.15, -0.1) is 0 Å². The minimum Gasteiger partial charge on any atom is -0.0676 e. The van der Waals surface area contributed by atoms with Crippen LogP contribution in [0.1, 0.15) is 151 Å². The van der Waals surface area contributed by atoms with Gasteiger partial charge in [0.1, 0.15) is 0 Å². The SMILES string of the molecule is CCCC1(CCC)CCC[C@H]2[C@@H]3CCC4=C([C@H](C)CCCC(C)C)CC[C@]4(C)[C@H]3CC[C@@]21C. The van der Waals surface area contributed by atoms with Gasteiger partial charge in [0.2, 0.25) is 0 Å². The standard InChI is InChI=1S/C33H58/c1-8-19-33(20-9-2)21-11-14-30-27-15-16-28-26(25(5)13-10-12-24(3)4)17-22-31(28,6)29(27)18-23-32(30,33)7/h24-25,27,29-30H,8-23H2,1-7H3/t25-,27-,29+,30+,31+,32+/m1/s1. The second-order valence-electron chi connectivity index (χ2n) is 14.2. The molecule has 0 N–H and O–H groups in total. The molecule has 3 fully saturated rings. The van der Waals surface area contributed by atoms with Crippen molar-refractivity contribution in [1.82, 2.24) is 0 Å². The van der Waals surface area contributed by atoms with Gasteiger partial charge in [-0.2, -0.15) is 0 Å². The predicted molar refractivity (Wildman–Crippen MR) is 145 cm³/mol. The third-order valence-corrected chi connectivity index (χ3v) is 12.2. The highest BCUT2D eigenvalue weighted by Gasteiger charge is 2.61. The molecule has 4 aliphatic rings. The zero-order valence-corrected chi connectivity index (χ0v) is 23.7.